The molecule has 8 nitrogen and oxygen atoms in total. The van der Waals surface area contributed by atoms with Crippen molar-refractivity contribution in [2.24, 2.45) is 0 Å². The van der Waals surface area contributed by atoms with Crippen LogP contribution >= 0.6 is 11.6 Å². The van der Waals surface area contributed by atoms with Crippen LogP contribution in [0.2, 0.25) is 5.02 Å². The Kier molecular flexibility index (Phi) is 4.05. The summed E-state index contributed by atoms with van der Waals surface area (Å²) >= 11 is 5.73. The van der Waals surface area contributed by atoms with Crippen molar-refractivity contribution in [2.45, 2.75) is 11.8 Å². The third-order valence-electron chi connectivity index (χ3n) is 2.54. The Hall–Kier alpha value is -2.26. The van der Waals surface area contributed by atoms with Crippen molar-refractivity contribution in [2.75, 3.05) is 4.72 Å². The fourth-order valence-electron chi connectivity index (χ4n) is 1.63. The summed E-state index contributed by atoms with van der Waals surface area (Å²) in [5, 5.41) is 10.7. The fourth-order valence-corrected chi connectivity index (χ4v) is 3.20. The van der Waals surface area contributed by atoms with E-state index >= 15 is 0 Å². The largest absolute Gasteiger partial charge is 0.289 e. The standard InChI is InChI=1S/C11H9ClN4O4S/c1-7-2-9(12)10(16(17)18)3-11(7)21(19,20)15-8-4-13-6-14-5-8/h2-6,15H,1H3. The average molecular weight is 329 g/mol. The minimum absolute atomic E-state index is 0.125. The van der Waals surface area contributed by atoms with Gasteiger partial charge in [0.1, 0.15) is 11.3 Å². The van der Waals surface area contributed by atoms with Crippen molar-refractivity contribution >= 4 is 33.0 Å². The van der Waals surface area contributed by atoms with Crippen LogP contribution in [0.15, 0.2) is 35.7 Å². The van der Waals surface area contributed by atoms with Crippen molar-refractivity contribution in [1.29, 1.82) is 0 Å². The number of nitrogens with zero attached hydrogens (tertiary/aromatic N) is 3. The molecule has 0 saturated carbocycles. The normalized spacial score (nSPS) is 11.1. The van der Waals surface area contributed by atoms with Crippen LogP contribution in [0.4, 0.5) is 11.4 Å². The van der Waals surface area contributed by atoms with E-state index in [-0.39, 0.29) is 21.2 Å². The van der Waals surface area contributed by atoms with Gasteiger partial charge in [-0.2, -0.15) is 0 Å². The summed E-state index contributed by atoms with van der Waals surface area (Å²) in [7, 11) is -4.01. The molecule has 0 atom stereocenters. The van der Waals surface area contributed by atoms with Crippen LogP contribution in [0.5, 0.6) is 0 Å². The number of nitrogens with one attached hydrogen (secondary N) is 1. The number of nitro benzene ring substituents is 1. The third kappa shape index (κ3) is 3.26. The molecule has 0 unspecified atom stereocenters. The van der Waals surface area contributed by atoms with Gasteiger partial charge in [-0.15, -0.1) is 0 Å². The first kappa shape index (κ1) is 15.1. The molecule has 0 bridgehead atoms. The maximum atomic E-state index is 12.3. The second-order valence-electron chi connectivity index (χ2n) is 4.06. The van der Waals surface area contributed by atoms with Crippen molar-refractivity contribution < 1.29 is 13.3 Å². The highest BCUT2D eigenvalue weighted by molar-refractivity contribution is 7.92. The molecule has 10 heteroatoms. The summed E-state index contributed by atoms with van der Waals surface area (Å²) in [5.74, 6) is 0. The van der Waals surface area contributed by atoms with Crippen molar-refractivity contribution in [3.8, 4) is 0 Å². The van der Waals surface area contributed by atoms with E-state index in [1.807, 2.05) is 0 Å². The number of halogens is 1. The van der Waals surface area contributed by atoms with Crippen LogP contribution in [0, 0.1) is 17.0 Å². The number of hydrogen-bond donors (Lipinski definition) is 1. The molecule has 0 saturated heterocycles. The Morgan fingerprint density at radius 2 is 1.90 bits per heavy atom. The van der Waals surface area contributed by atoms with Crippen LogP contribution < -0.4 is 4.72 Å². The van der Waals surface area contributed by atoms with Gasteiger partial charge < -0.3 is 0 Å². The summed E-state index contributed by atoms with van der Waals surface area (Å²) < 4.78 is 26.8. The molecule has 21 heavy (non-hydrogen) atoms. The number of benzene rings is 1. The van der Waals surface area contributed by atoms with Crippen LogP contribution in [-0.2, 0) is 10.0 Å². The Balaban J connectivity index is 2.50. The second kappa shape index (κ2) is 5.62. The number of sulfonamides is 1. The van der Waals surface area contributed by atoms with E-state index in [1.165, 1.54) is 31.7 Å². The smallest absolute Gasteiger partial charge is 0.276 e. The van der Waals surface area contributed by atoms with Crippen LogP contribution in [0.1, 0.15) is 5.56 Å². The Bertz CT molecular complexity index is 795. The predicted octanol–water partition coefficient (Wildman–Crippen LogP) is 2.15. The van der Waals surface area contributed by atoms with E-state index in [0.29, 0.717) is 0 Å². The van der Waals surface area contributed by atoms with Gasteiger partial charge in [0, 0.05) is 6.07 Å². The number of rotatable bonds is 4. The van der Waals surface area contributed by atoms with Gasteiger partial charge in [0.05, 0.1) is 27.9 Å². The summed E-state index contributed by atoms with van der Waals surface area (Å²) in [5.41, 5.74) is -0.0450. The SMILES string of the molecule is Cc1cc(Cl)c([N+](=O)[O-])cc1S(=O)(=O)Nc1cncnc1. The number of nitro groups is 1. The Morgan fingerprint density at radius 3 is 2.48 bits per heavy atom. The first-order valence-corrected chi connectivity index (χ1v) is 7.40. The number of hydrogen-bond acceptors (Lipinski definition) is 6. The molecule has 1 aromatic heterocycles. The molecule has 1 aromatic carbocycles. The molecule has 110 valence electrons. The maximum absolute atomic E-state index is 12.3. The zero-order chi connectivity index (χ0) is 15.6. The number of aromatic nitrogens is 2. The van der Waals surface area contributed by atoms with Crippen LogP contribution in [0.25, 0.3) is 0 Å². The lowest BCUT2D eigenvalue weighted by molar-refractivity contribution is -0.384. The molecule has 0 spiro atoms. The monoisotopic (exact) mass is 328 g/mol. The molecule has 0 aliphatic heterocycles. The van der Waals surface area contributed by atoms with Crippen LogP contribution in [0.3, 0.4) is 0 Å². The summed E-state index contributed by atoms with van der Waals surface area (Å²) in [6, 6.07) is 2.15. The quantitative estimate of drug-likeness (QED) is 0.679. The summed E-state index contributed by atoms with van der Waals surface area (Å²) in [4.78, 5) is 17.2. The molecule has 2 aromatic rings. The molecule has 0 fully saturated rings. The van der Waals surface area contributed by atoms with Gasteiger partial charge in [-0.3, -0.25) is 14.8 Å². The van der Waals surface area contributed by atoms with Crippen molar-refractivity contribution in [3.05, 3.63) is 51.6 Å². The van der Waals surface area contributed by atoms with Gasteiger partial charge >= 0.3 is 0 Å². The van der Waals surface area contributed by atoms with Gasteiger partial charge in [0.25, 0.3) is 15.7 Å². The minimum atomic E-state index is -4.01. The maximum Gasteiger partial charge on any atom is 0.289 e. The molecular formula is C11H9ClN4O4S. The second-order valence-corrected chi connectivity index (χ2v) is 6.12. The Labute approximate surface area is 125 Å². The topological polar surface area (TPSA) is 115 Å². The van der Waals surface area contributed by atoms with Gasteiger partial charge in [0.15, 0.2) is 0 Å². The first-order chi connectivity index (χ1) is 9.81. The van der Waals surface area contributed by atoms with E-state index in [2.05, 4.69) is 14.7 Å². The number of aryl methyl sites for hydroxylation is 1. The van der Waals surface area contributed by atoms with Gasteiger partial charge in [0.2, 0.25) is 0 Å². The molecule has 0 aliphatic rings. The highest BCUT2D eigenvalue weighted by Crippen LogP contribution is 2.30. The zero-order valence-corrected chi connectivity index (χ0v) is 12.2. The molecular weight excluding hydrogens is 320 g/mol. The van der Waals surface area contributed by atoms with Gasteiger partial charge in [-0.1, -0.05) is 11.6 Å². The molecule has 2 rings (SSSR count). The lowest BCUT2D eigenvalue weighted by atomic mass is 10.2. The highest BCUT2D eigenvalue weighted by Gasteiger charge is 2.23. The molecule has 0 aliphatic carbocycles. The van der Waals surface area contributed by atoms with Crippen molar-refractivity contribution in [3.63, 3.8) is 0 Å². The fraction of sp³-hybridized carbons (Fsp3) is 0.0909. The summed E-state index contributed by atoms with van der Waals surface area (Å²) in [6.07, 6.45) is 3.78. The van der Waals surface area contributed by atoms with E-state index in [4.69, 9.17) is 11.6 Å². The highest BCUT2D eigenvalue weighted by atomic mass is 35.5. The lowest BCUT2D eigenvalue weighted by Gasteiger charge is -2.10. The van der Waals surface area contributed by atoms with E-state index in [0.717, 1.165) is 6.07 Å². The number of anilines is 1. The molecule has 1 N–H and O–H groups in total. The first-order valence-electron chi connectivity index (χ1n) is 5.53. The minimum Gasteiger partial charge on any atom is -0.276 e. The lowest BCUT2D eigenvalue weighted by Crippen LogP contribution is -2.15. The zero-order valence-electron chi connectivity index (χ0n) is 10.6. The average Bonchev–Trinajstić information content (AvgIpc) is 2.38. The third-order valence-corrected chi connectivity index (χ3v) is 4.37. The van der Waals surface area contributed by atoms with E-state index < -0.39 is 20.6 Å². The Morgan fingerprint density at radius 1 is 1.29 bits per heavy atom. The van der Waals surface area contributed by atoms with Crippen LogP contribution in [-0.4, -0.2) is 23.3 Å². The molecule has 0 radical (unpaired) electrons. The van der Waals surface area contributed by atoms with Gasteiger partial charge in [-0.25, -0.2) is 18.4 Å². The molecule has 1 heterocycles. The molecule has 0 amide bonds. The van der Waals surface area contributed by atoms with E-state index in [9.17, 15) is 18.5 Å². The van der Waals surface area contributed by atoms with Crippen molar-refractivity contribution in [1.82, 2.24) is 9.97 Å². The predicted molar refractivity (Wildman–Crippen MR) is 75.7 cm³/mol. The summed E-state index contributed by atoms with van der Waals surface area (Å²) in [6.45, 7) is 1.49. The van der Waals surface area contributed by atoms with E-state index in [1.54, 1.807) is 0 Å². The van der Waals surface area contributed by atoms with Gasteiger partial charge in [-0.05, 0) is 18.6 Å².